The van der Waals surface area contributed by atoms with E-state index in [1.807, 2.05) is 6.07 Å². The molecular formula is C20H29NO2S. The minimum Gasteiger partial charge on any atom is -0.225 e. The minimum absolute atomic E-state index is 0.182. The first kappa shape index (κ1) is 18.9. The van der Waals surface area contributed by atoms with Crippen LogP contribution in [0.1, 0.15) is 63.0 Å². The van der Waals surface area contributed by atoms with Crippen molar-refractivity contribution < 1.29 is 8.42 Å². The lowest BCUT2D eigenvalue weighted by molar-refractivity contribution is 0.494. The molecule has 1 aliphatic carbocycles. The fourth-order valence-corrected chi connectivity index (χ4v) is 4.38. The Labute approximate surface area is 146 Å². The first-order valence-electron chi connectivity index (χ1n) is 8.82. The standard InChI is InChI=1S/C20H29NO2S/c1-4-5-6-9-16-12-13-17(14-20(16)24(21,22)23)19-11-8-7-10-18(19)15(2)3/h8,11-14,18-19H,2,4-7,9-10H2,1,3H3,(H2,21,22,23). The van der Waals surface area contributed by atoms with Crippen LogP contribution in [0.15, 0.2) is 47.4 Å². The Morgan fingerprint density at radius 1 is 1.33 bits per heavy atom. The molecule has 0 heterocycles. The molecule has 2 N–H and O–H groups in total. The number of rotatable bonds is 7. The fourth-order valence-electron chi connectivity index (χ4n) is 3.54. The quantitative estimate of drug-likeness (QED) is 0.574. The highest BCUT2D eigenvalue weighted by molar-refractivity contribution is 7.89. The van der Waals surface area contributed by atoms with Gasteiger partial charge in [0.05, 0.1) is 4.90 Å². The topological polar surface area (TPSA) is 60.2 Å². The van der Waals surface area contributed by atoms with Crippen LogP contribution in [0.4, 0.5) is 0 Å². The highest BCUT2D eigenvalue weighted by Crippen LogP contribution is 2.38. The van der Waals surface area contributed by atoms with Gasteiger partial charge in [0.25, 0.3) is 0 Å². The lowest BCUT2D eigenvalue weighted by Gasteiger charge is -2.29. The Morgan fingerprint density at radius 3 is 2.71 bits per heavy atom. The molecule has 24 heavy (non-hydrogen) atoms. The summed E-state index contributed by atoms with van der Waals surface area (Å²) in [5, 5.41) is 5.49. The predicted octanol–water partition coefficient (Wildman–Crippen LogP) is 4.69. The van der Waals surface area contributed by atoms with Crippen LogP contribution in [-0.4, -0.2) is 8.42 Å². The van der Waals surface area contributed by atoms with Crippen molar-refractivity contribution in [2.45, 2.75) is 63.2 Å². The van der Waals surface area contributed by atoms with E-state index in [0.29, 0.717) is 5.92 Å². The van der Waals surface area contributed by atoms with E-state index < -0.39 is 10.0 Å². The van der Waals surface area contributed by atoms with E-state index in [0.717, 1.165) is 55.2 Å². The van der Waals surface area contributed by atoms with E-state index in [1.54, 1.807) is 6.07 Å². The molecule has 4 heteroatoms. The molecule has 2 unspecified atom stereocenters. The van der Waals surface area contributed by atoms with Gasteiger partial charge in [-0.05, 0) is 55.7 Å². The number of benzene rings is 1. The number of aryl methyl sites for hydroxylation is 1. The molecule has 2 rings (SSSR count). The molecule has 1 aromatic rings. The van der Waals surface area contributed by atoms with Crippen LogP contribution in [0, 0.1) is 5.92 Å². The molecule has 0 radical (unpaired) electrons. The molecule has 0 spiro atoms. The van der Waals surface area contributed by atoms with Crippen molar-refractivity contribution in [2.24, 2.45) is 11.1 Å². The summed E-state index contributed by atoms with van der Waals surface area (Å²) < 4.78 is 24.2. The molecule has 0 saturated carbocycles. The summed E-state index contributed by atoms with van der Waals surface area (Å²) >= 11 is 0. The zero-order chi connectivity index (χ0) is 17.7. The van der Waals surface area contributed by atoms with Crippen molar-refractivity contribution in [3.8, 4) is 0 Å². The first-order chi connectivity index (χ1) is 11.3. The fraction of sp³-hybridized carbons (Fsp3) is 0.500. The van der Waals surface area contributed by atoms with Crippen LogP contribution in [-0.2, 0) is 16.4 Å². The SMILES string of the molecule is C=C(C)C1CCC=CC1c1ccc(CCCCC)c(S(N)(=O)=O)c1. The molecule has 132 valence electrons. The molecular weight excluding hydrogens is 318 g/mol. The van der Waals surface area contributed by atoms with Gasteiger partial charge in [0.1, 0.15) is 0 Å². The summed E-state index contributed by atoms with van der Waals surface area (Å²) in [5.41, 5.74) is 3.00. The molecule has 0 aliphatic heterocycles. The number of hydrogen-bond donors (Lipinski definition) is 1. The average Bonchev–Trinajstić information content (AvgIpc) is 2.54. The van der Waals surface area contributed by atoms with Crippen LogP contribution in [0.25, 0.3) is 0 Å². The summed E-state index contributed by atoms with van der Waals surface area (Å²) in [6.07, 6.45) is 10.4. The van der Waals surface area contributed by atoms with Crippen LogP contribution in [0.3, 0.4) is 0 Å². The van der Waals surface area contributed by atoms with E-state index in [1.165, 1.54) is 0 Å². The maximum atomic E-state index is 12.1. The monoisotopic (exact) mass is 347 g/mol. The second-order valence-electron chi connectivity index (χ2n) is 6.85. The molecule has 0 fully saturated rings. The third kappa shape index (κ3) is 4.58. The van der Waals surface area contributed by atoms with Gasteiger partial charge in [0, 0.05) is 5.92 Å². The largest absolute Gasteiger partial charge is 0.238 e. The normalized spacial score (nSPS) is 21.0. The summed E-state index contributed by atoms with van der Waals surface area (Å²) in [6.45, 7) is 8.30. The minimum atomic E-state index is -3.72. The first-order valence-corrected chi connectivity index (χ1v) is 10.4. The van der Waals surface area contributed by atoms with Gasteiger partial charge in [-0.25, -0.2) is 13.6 Å². The van der Waals surface area contributed by atoms with Gasteiger partial charge < -0.3 is 0 Å². The second-order valence-corrected chi connectivity index (χ2v) is 8.38. The lowest BCUT2D eigenvalue weighted by atomic mass is 9.76. The number of primary sulfonamides is 1. The van der Waals surface area contributed by atoms with Gasteiger partial charge in [0.2, 0.25) is 10.0 Å². The molecule has 0 aromatic heterocycles. The van der Waals surface area contributed by atoms with Gasteiger partial charge in [-0.15, -0.1) is 0 Å². The van der Waals surface area contributed by atoms with E-state index in [4.69, 9.17) is 5.14 Å². The maximum Gasteiger partial charge on any atom is 0.238 e. The van der Waals surface area contributed by atoms with Gasteiger partial charge in [-0.1, -0.05) is 56.2 Å². The van der Waals surface area contributed by atoms with Gasteiger partial charge in [-0.2, -0.15) is 0 Å². The summed E-state index contributed by atoms with van der Waals surface area (Å²) in [4.78, 5) is 0.288. The van der Waals surface area contributed by atoms with E-state index in [9.17, 15) is 8.42 Å². The number of sulfonamides is 1. The average molecular weight is 348 g/mol. The zero-order valence-electron chi connectivity index (χ0n) is 14.8. The van der Waals surface area contributed by atoms with E-state index in [2.05, 4.69) is 38.6 Å². The van der Waals surface area contributed by atoms with Gasteiger partial charge >= 0.3 is 0 Å². The zero-order valence-corrected chi connectivity index (χ0v) is 15.6. The van der Waals surface area contributed by atoms with E-state index in [-0.39, 0.29) is 10.8 Å². The van der Waals surface area contributed by atoms with E-state index >= 15 is 0 Å². The van der Waals surface area contributed by atoms with Crippen LogP contribution in [0.5, 0.6) is 0 Å². The molecule has 1 aromatic carbocycles. The van der Waals surface area contributed by atoms with Crippen molar-refractivity contribution in [1.29, 1.82) is 0 Å². The Kier molecular flexibility index (Phi) is 6.41. The number of allylic oxidation sites excluding steroid dienone is 3. The summed E-state index contributed by atoms with van der Waals surface area (Å²) in [6, 6.07) is 5.79. The van der Waals surface area contributed by atoms with Gasteiger partial charge in [-0.3, -0.25) is 0 Å². The molecule has 0 amide bonds. The second kappa shape index (κ2) is 8.13. The third-order valence-corrected chi connectivity index (χ3v) is 5.88. The predicted molar refractivity (Wildman–Crippen MR) is 100 cm³/mol. The lowest BCUT2D eigenvalue weighted by Crippen LogP contribution is -2.18. The smallest absolute Gasteiger partial charge is 0.225 e. The highest BCUT2D eigenvalue weighted by atomic mass is 32.2. The maximum absolute atomic E-state index is 12.1. The molecule has 2 atom stereocenters. The Bertz CT molecular complexity index is 719. The van der Waals surface area contributed by atoms with Crippen LogP contribution in [0.2, 0.25) is 0 Å². The van der Waals surface area contributed by atoms with Crippen LogP contribution < -0.4 is 5.14 Å². The molecule has 1 aliphatic rings. The highest BCUT2D eigenvalue weighted by Gasteiger charge is 2.25. The molecule has 3 nitrogen and oxygen atoms in total. The van der Waals surface area contributed by atoms with Crippen molar-refractivity contribution in [3.05, 3.63) is 53.6 Å². The van der Waals surface area contributed by atoms with Crippen molar-refractivity contribution >= 4 is 10.0 Å². The van der Waals surface area contributed by atoms with Crippen molar-refractivity contribution in [2.75, 3.05) is 0 Å². The molecule has 0 bridgehead atoms. The Balaban J connectivity index is 2.40. The van der Waals surface area contributed by atoms with Crippen molar-refractivity contribution in [1.82, 2.24) is 0 Å². The number of hydrogen-bond acceptors (Lipinski definition) is 2. The Morgan fingerprint density at radius 2 is 2.08 bits per heavy atom. The summed E-state index contributed by atoms with van der Waals surface area (Å²) in [5.74, 6) is 0.538. The van der Waals surface area contributed by atoms with Crippen molar-refractivity contribution in [3.63, 3.8) is 0 Å². The third-order valence-electron chi connectivity index (χ3n) is 4.89. The Hall–Kier alpha value is -1.39. The summed E-state index contributed by atoms with van der Waals surface area (Å²) in [7, 11) is -3.72. The molecule has 0 saturated heterocycles. The number of unbranched alkanes of at least 4 members (excludes halogenated alkanes) is 2. The van der Waals surface area contributed by atoms with Crippen LogP contribution >= 0.6 is 0 Å². The number of nitrogens with two attached hydrogens (primary N) is 1. The van der Waals surface area contributed by atoms with Gasteiger partial charge in [0.15, 0.2) is 0 Å².